The molecular formula is C14H15ClN2OS. The lowest BCUT2D eigenvalue weighted by Gasteiger charge is -2.16. The fourth-order valence-electron chi connectivity index (χ4n) is 1.90. The van der Waals surface area contributed by atoms with Crippen molar-refractivity contribution in [1.82, 2.24) is 4.90 Å². The molecule has 0 fully saturated rings. The SMILES string of the molecule is C=C(C)CN(C)C(=O)c1sc2cc(Cl)ccc2c1N. The zero-order valence-corrected chi connectivity index (χ0v) is 12.4. The number of benzene rings is 1. The number of nitrogens with zero attached hydrogens (tertiary/aromatic N) is 1. The maximum atomic E-state index is 12.3. The largest absolute Gasteiger partial charge is 0.397 e. The molecule has 0 spiro atoms. The van der Waals surface area contributed by atoms with Gasteiger partial charge in [-0.15, -0.1) is 11.3 Å². The predicted molar refractivity (Wildman–Crippen MR) is 83.0 cm³/mol. The van der Waals surface area contributed by atoms with Crippen molar-refractivity contribution in [2.45, 2.75) is 6.92 Å². The third-order valence-electron chi connectivity index (χ3n) is 2.74. The van der Waals surface area contributed by atoms with Crippen LogP contribution < -0.4 is 5.73 Å². The van der Waals surface area contributed by atoms with Gasteiger partial charge in [0, 0.05) is 28.7 Å². The summed E-state index contributed by atoms with van der Waals surface area (Å²) in [6.07, 6.45) is 0. The van der Waals surface area contributed by atoms with Gasteiger partial charge < -0.3 is 10.6 Å². The van der Waals surface area contributed by atoms with E-state index in [9.17, 15) is 4.79 Å². The Morgan fingerprint density at radius 1 is 1.53 bits per heavy atom. The van der Waals surface area contributed by atoms with E-state index in [1.807, 2.05) is 19.1 Å². The van der Waals surface area contributed by atoms with Crippen LogP contribution in [0.5, 0.6) is 0 Å². The lowest BCUT2D eigenvalue weighted by Crippen LogP contribution is -2.27. The number of halogens is 1. The molecule has 19 heavy (non-hydrogen) atoms. The number of hydrogen-bond donors (Lipinski definition) is 1. The minimum absolute atomic E-state index is 0.0853. The lowest BCUT2D eigenvalue weighted by atomic mass is 10.2. The molecule has 1 amide bonds. The van der Waals surface area contributed by atoms with E-state index in [0.29, 0.717) is 22.1 Å². The summed E-state index contributed by atoms with van der Waals surface area (Å²) in [5.74, 6) is -0.0853. The van der Waals surface area contributed by atoms with Gasteiger partial charge in [0.1, 0.15) is 4.88 Å². The molecule has 3 nitrogen and oxygen atoms in total. The fourth-order valence-corrected chi connectivity index (χ4v) is 3.29. The lowest BCUT2D eigenvalue weighted by molar-refractivity contribution is 0.0812. The second-order valence-electron chi connectivity index (χ2n) is 4.60. The standard InChI is InChI=1S/C14H15ClN2OS/c1-8(2)7-17(3)14(18)13-12(16)10-5-4-9(15)6-11(10)19-13/h4-6H,1,7,16H2,2-3H3. The predicted octanol–water partition coefficient (Wildman–Crippen LogP) is 3.79. The van der Waals surface area contributed by atoms with Crippen molar-refractivity contribution in [1.29, 1.82) is 0 Å². The highest BCUT2D eigenvalue weighted by Gasteiger charge is 2.19. The maximum Gasteiger partial charge on any atom is 0.266 e. The van der Waals surface area contributed by atoms with Crippen LogP contribution in [0.2, 0.25) is 5.02 Å². The zero-order valence-electron chi connectivity index (χ0n) is 10.9. The molecule has 1 heterocycles. The highest BCUT2D eigenvalue weighted by atomic mass is 35.5. The van der Waals surface area contributed by atoms with Crippen molar-refractivity contribution in [3.63, 3.8) is 0 Å². The Morgan fingerprint density at radius 3 is 2.84 bits per heavy atom. The third kappa shape index (κ3) is 2.74. The first-order valence-corrected chi connectivity index (χ1v) is 6.97. The molecule has 5 heteroatoms. The van der Waals surface area contributed by atoms with Gasteiger partial charge in [-0.2, -0.15) is 0 Å². The first-order valence-electron chi connectivity index (χ1n) is 5.77. The molecule has 0 bridgehead atoms. The molecule has 0 radical (unpaired) electrons. The summed E-state index contributed by atoms with van der Waals surface area (Å²) in [6, 6.07) is 5.45. The first-order chi connectivity index (χ1) is 8.90. The first kappa shape index (κ1) is 13.9. The molecule has 100 valence electrons. The van der Waals surface area contributed by atoms with E-state index in [1.165, 1.54) is 11.3 Å². The molecule has 0 aliphatic rings. The third-order valence-corrected chi connectivity index (χ3v) is 4.13. The Kier molecular flexibility index (Phi) is 3.83. The monoisotopic (exact) mass is 294 g/mol. The number of carbonyl (C=O) groups excluding carboxylic acids is 1. The van der Waals surface area contributed by atoms with Crippen LogP contribution in [0.25, 0.3) is 10.1 Å². The molecule has 0 aliphatic carbocycles. The average molecular weight is 295 g/mol. The van der Waals surface area contributed by atoms with Crippen LogP contribution in [0.4, 0.5) is 5.69 Å². The van der Waals surface area contributed by atoms with Gasteiger partial charge in [0.25, 0.3) is 5.91 Å². The number of rotatable bonds is 3. The maximum absolute atomic E-state index is 12.3. The Bertz CT molecular complexity index is 663. The van der Waals surface area contributed by atoms with Gasteiger partial charge in [-0.05, 0) is 25.1 Å². The molecule has 2 aromatic rings. The van der Waals surface area contributed by atoms with Crippen LogP contribution in [0.1, 0.15) is 16.6 Å². The highest BCUT2D eigenvalue weighted by molar-refractivity contribution is 7.21. The molecule has 0 aliphatic heterocycles. The van der Waals surface area contributed by atoms with Gasteiger partial charge in [-0.3, -0.25) is 4.79 Å². The number of nitrogen functional groups attached to an aromatic ring is 1. The summed E-state index contributed by atoms with van der Waals surface area (Å²) in [7, 11) is 1.74. The summed E-state index contributed by atoms with van der Waals surface area (Å²) in [6.45, 7) is 6.22. The normalized spacial score (nSPS) is 10.7. The molecule has 2 N–H and O–H groups in total. The van der Waals surface area contributed by atoms with Gasteiger partial charge in [0.2, 0.25) is 0 Å². The number of hydrogen-bond acceptors (Lipinski definition) is 3. The van der Waals surface area contributed by atoms with E-state index in [2.05, 4.69) is 6.58 Å². The van der Waals surface area contributed by atoms with Gasteiger partial charge in [0.15, 0.2) is 0 Å². The number of amides is 1. The van der Waals surface area contributed by atoms with E-state index < -0.39 is 0 Å². The van der Waals surface area contributed by atoms with Crippen molar-refractivity contribution in [2.24, 2.45) is 0 Å². The molecule has 1 aromatic carbocycles. The summed E-state index contributed by atoms with van der Waals surface area (Å²) in [5, 5.41) is 1.52. The van der Waals surface area contributed by atoms with Crippen LogP contribution in [-0.2, 0) is 0 Å². The second-order valence-corrected chi connectivity index (χ2v) is 6.09. The number of nitrogens with two attached hydrogens (primary N) is 1. The molecule has 0 atom stereocenters. The number of thiophene rings is 1. The summed E-state index contributed by atoms with van der Waals surface area (Å²) in [4.78, 5) is 14.5. The Morgan fingerprint density at radius 2 is 2.21 bits per heavy atom. The zero-order chi connectivity index (χ0) is 14.2. The summed E-state index contributed by atoms with van der Waals surface area (Å²) < 4.78 is 0.928. The van der Waals surface area contributed by atoms with Crippen LogP contribution in [-0.4, -0.2) is 24.4 Å². The van der Waals surface area contributed by atoms with Crippen LogP contribution in [0, 0.1) is 0 Å². The van der Waals surface area contributed by atoms with Crippen molar-refractivity contribution in [3.8, 4) is 0 Å². The molecule has 1 aromatic heterocycles. The van der Waals surface area contributed by atoms with E-state index >= 15 is 0 Å². The van der Waals surface area contributed by atoms with E-state index in [4.69, 9.17) is 17.3 Å². The number of anilines is 1. The Hall–Kier alpha value is -1.52. The molecule has 0 unspecified atom stereocenters. The highest BCUT2D eigenvalue weighted by Crippen LogP contribution is 2.35. The topological polar surface area (TPSA) is 46.3 Å². The van der Waals surface area contributed by atoms with Crippen molar-refractivity contribution in [3.05, 3.63) is 40.3 Å². The van der Waals surface area contributed by atoms with Gasteiger partial charge in [-0.1, -0.05) is 23.8 Å². The number of fused-ring (bicyclic) bond motifs is 1. The second kappa shape index (κ2) is 5.23. The Balaban J connectivity index is 2.42. The minimum Gasteiger partial charge on any atom is -0.397 e. The van der Waals surface area contributed by atoms with Gasteiger partial charge >= 0.3 is 0 Å². The van der Waals surface area contributed by atoms with Crippen molar-refractivity contribution >= 4 is 44.6 Å². The summed E-state index contributed by atoms with van der Waals surface area (Å²) in [5.41, 5.74) is 7.51. The molecule has 2 rings (SSSR count). The molecular weight excluding hydrogens is 280 g/mol. The van der Waals surface area contributed by atoms with E-state index in [1.54, 1.807) is 18.0 Å². The average Bonchev–Trinajstić information content (AvgIpc) is 2.64. The van der Waals surface area contributed by atoms with Crippen molar-refractivity contribution in [2.75, 3.05) is 19.3 Å². The smallest absolute Gasteiger partial charge is 0.266 e. The van der Waals surface area contributed by atoms with Gasteiger partial charge in [0.05, 0.1) is 5.69 Å². The number of carbonyl (C=O) groups is 1. The van der Waals surface area contributed by atoms with E-state index in [-0.39, 0.29) is 5.91 Å². The van der Waals surface area contributed by atoms with Crippen LogP contribution in [0.15, 0.2) is 30.4 Å². The van der Waals surface area contributed by atoms with Crippen molar-refractivity contribution < 1.29 is 4.79 Å². The van der Waals surface area contributed by atoms with E-state index in [0.717, 1.165) is 15.7 Å². The van der Waals surface area contributed by atoms with Gasteiger partial charge in [-0.25, -0.2) is 0 Å². The Labute approximate surface area is 121 Å². The quantitative estimate of drug-likeness (QED) is 0.876. The molecule has 0 saturated carbocycles. The molecule has 0 saturated heterocycles. The minimum atomic E-state index is -0.0853. The van der Waals surface area contributed by atoms with Crippen LogP contribution in [0.3, 0.4) is 0 Å². The summed E-state index contributed by atoms with van der Waals surface area (Å²) >= 11 is 7.32. The van der Waals surface area contributed by atoms with Crippen LogP contribution >= 0.6 is 22.9 Å². The fraction of sp³-hybridized carbons (Fsp3) is 0.214. The number of likely N-dealkylation sites (N-methyl/N-ethyl adjacent to an activating group) is 1.